The molecule has 0 aliphatic heterocycles. The van der Waals surface area contributed by atoms with Crippen molar-refractivity contribution < 1.29 is 14.3 Å². The number of rotatable bonds is 4. The van der Waals surface area contributed by atoms with Crippen LogP contribution in [0, 0.1) is 6.92 Å². The molecule has 0 saturated heterocycles. The highest BCUT2D eigenvalue weighted by Crippen LogP contribution is 2.19. The number of halogens is 2. The van der Waals surface area contributed by atoms with E-state index in [0.29, 0.717) is 5.69 Å². The van der Waals surface area contributed by atoms with E-state index in [2.05, 4.69) is 26.2 Å². The number of anilines is 1. The van der Waals surface area contributed by atoms with E-state index in [4.69, 9.17) is 16.3 Å². The Balaban J connectivity index is 1.91. The number of aryl methyl sites for hydroxylation is 1. The van der Waals surface area contributed by atoms with Gasteiger partial charge in [0.05, 0.1) is 5.56 Å². The summed E-state index contributed by atoms with van der Waals surface area (Å²) in [4.78, 5) is 27.3. The zero-order valence-corrected chi connectivity index (χ0v) is 13.9. The Kier molecular flexibility index (Phi) is 5.51. The van der Waals surface area contributed by atoms with Gasteiger partial charge in [-0.05, 0) is 42.8 Å². The van der Waals surface area contributed by atoms with Crippen LogP contribution in [-0.2, 0) is 9.53 Å². The second kappa shape index (κ2) is 7.38. The fourth-order valence-electron chi connectivity index (χ4n) is 1.70. The molecular weight excluding hydrogens is 372 g/mol. The van der Waals surface area contributed by atoms with E-state index in [9.17, 15) is 9.59 Å². The Morgan fingerprint density at radius 2 is 2.09 bits per heavy atom. The molecule has 0 bridgehead atoms. The van der Waals surface area contributed by atoms with Crippen LogP contribution in [0.3, 0.4) is 0 Å². The summed E-state index contributed by atoms with van der Waals surface area (Å²) in [5.74, 6) is -1.05. The van der Waals surface area contributed by atoms with Gasteiger partial charge in [0.25, 0.3) is 5.91 Å². The van der Waals surface area contributed by atoms with Crippen LogP contribution >= 0.6 is 27.5 Å². The number of pyridine rings is 1. The minimum Gasteiger partial charge on any atom is -0.452 e. The predicted octanol–water partition coefficient (Wildman–Crippen LogP) is 3.60. The lowest BCUT2D eigenvalue weighted by Gasteiger charge is -2.09. The first-order valence-corrected chi connectivity index (χ1v) is 7.47. The molecule has 22 heavy (non-hydrogen) atoms. The van der Waals surface area contributed by atoms with Crippen LogP contribution in [0.25, 0.3) is 0 Å². The lowest BCUT2D eigenvalue weighted by molar-refractivity contribution is -0.119. The van der Waals surface area contributed by atoms with Crippen molar-refractivity contribution in [1.29, 1.82) is 0 Å². The normalized spacial score (nSPS) is 10.1. The van der Waals surface area contributed by atoms with E-state index < -0.39 is 11.9 Å². The first kappa shape index (κ1) is 16.5. The third kappa shape index (κ3) is 4.54. The van der Waals surface area contributed by atoms with E-state index in [1.165, 1.54) is 18.3 Å². The number of aromatic nitrogens is 1. The number of hydrogen-bond donors (Lipinski definition) is 1. The van der Waals surface area contributed by atoms with Crippen LogP contribution in [-0.4, -0.2) is 23.5 Å². The molecule has 0 aliphatic rings. The van der Waals surface area contributed by atoms with Crippen molar-refractivity contribution in [1.82, 2.24) is 4.98 Å². The summed E-state index contributed by atoms with van der Waals surface area (Å²) in [5.41, 5.74) is 1.80. The first-order valence-electron chi connectivity index (χ1n) is 6.30. The predicted molar refractivity (Wildman–Crippen MR) is 87.0 cm³/mol. The molecule has 1 aromatic carbocycles. The molecule has 2 rings (SSSR count). The Morgan fingerprint density at radius 3 is 2.77 bits per heavy atom. The topological polar surface area (TPSA) is 68.3 Å². The molecular formula is C15H12BrClN2O3. The van der Waals surface area contributed by atoms with Crippen molar-refractivity contribution in [3.8, 4) is 0 Å². The van der Waals surface area contributed by atoms with Gasteiger partial charge < -0.3 is 10.1 Å². The summed E-state index contributed by atoms with van der Waals surface area (Å²) in [6.45, 7) is 1.49. The molecule has 1 aromatic heterocycles. The third-order valence-corrected chi connectivity index (χ3v) is 3.46. The zero-order valence-electron chi connectivity index (χ0n) is 11.6. The van der Waals surface area contributed by atoms with Crippen molar-refractivity contribution >= 4 is 45.1 Å². The van der Waals surface area contributed by atoms with Crippen LogP contribution < -0.4 is 5.32 Å². The van der Waals surface area contributed by atoms with Crippen LogP contribution in [0.15, 0.2) is 41.0 Å². The first-order chi connectivity index (χ1) is 10.5. The van der Waals surface area contributed by atoms with Gasteiger partial charge in [0.1, 0.15) is 5.15 Å². The number of benzene rings is 1. The van der Waals surface area contributed by atoms with E-state index in [-0.39, 0.29) is 17.3 Å². The second-order valence-electron chi connectivity index (χ2n) is 4.45. The summed E-state index contributed by atoms with van der Waals surface area (Å²) in [7, 11) is 0. The highest BCUT2D eigenvalue weighted by Gasteiger charge is 2.11. The zero-order chi connectivity index (χ0) is 16.1. The Bertz CT molecular complexity index is 722. The van der Waals surface area contributed by atoms with Gasteiger partial charge in [-0.1, -0.05) is 27.5 Å². The number of esters is 1. The van der Waals surface area contributed by atoms with Gasteiger partial charge in [-0.2, -0.15) is 0 Å². The molecule has 0 spiro atoms. The van der Waals surface area contributed by atoms with Crippen molar-refractivity contribution in [3.63, 3.8) is 0 Å². The summed E-state index contributed by atoms with van der Waals surface area (Å²) in [5, 5.41) is 2.86. The van der Waals surface area contributed by atoms with E-state index in [1.807, 2.05) is 19.1 Å². The lowest BCUT2D eigenvalue weighted by atomic mass is 10.2. The number of nitrogens with one attached hydrogen (secondary N) is 1. The maximum atomic E-state index is 11.8. The van der Waals surface area contributed by atoms with E-state index in [0.717, 1.165) is 10.0 Å². The summed E-state index contributed by atoms with van der Waals surface area (Å²) >= 11 is 9.03. The average molecular weight is 384 g/mol. The molecule has 2 aromatic rings. The van der Waals surface area contributed by atoms with Crippen LogP contribution in [0.4, 0.5) is 5.69 Å². The van der Waals surface area contributed by atoms with Gasteiger partial charge in [0.15, 0.2) is 6.61 Å². The molecule has 114 valence electrons. The maximum Gasteiger partial charge on any atom is 0.338 e. The molecule has 0 aliphatic carbocycles. The quantitative estimate of drug-likeness (QED) is 0.647. The average Bonchev–Trinajstić information content (AvgIpc) is 2.47. The molecule has 1 amide bonds. The molecule has 1 N–H and O–H groups in total. The Morgan fingerprint density at radius 1 is 1.32 bits per heavy atom. The van der Waals surface area contributed by atoms with Crippen LogP contribution in [0.2, 0.25) is 5.15 Å². The number of ether oxygens (including phenoxy) is 1. The number of hydrogen-bond acceptors (Lipinski definition) is 4. The highest BCUT2D eigenvalue weighted by molar-refractivity contribution is 9.10. The summed E-state index contributed by atoms with van der Waals surface area (Å²) in [6, 6.07) is 8.29. The SMILES string of the molecule is Cc1cc(Br)ccc1NC(=O)COC(=O)c1ccnc(Cl)c1. The van der Waals surface area contributed by atoms with Crippen molar-refractivity contribution in [2.24, 2.45) is 0 Å². The lowest BCUT2D eigenvalue weighted by Crippen LogP contribution is -2.21. The van der Waals surface area contributed by atoms with Gasteiger partial charge in [-0.15, -0.1) is 0 Å². The molecule has 0 unspecified atom stereocenters. The van der Waals surface area contributed by atoms with Crippen LogP contribution in [0.1, 0.15) is 15.9 Å². The molecule has 7 heteroatoms. The molecule has 0 saturated carbocycles. The van der Waals surface area contributed by atoms with Crippen molar-refractivity contribution in [3.05, 3.63) is 57.3 Å². The largest absolute Gasteiger partial charge is 0.452 e. The van der Waals surface area contributed by atoms with Crippen LogP contribution in [0.5, 0.6) is 0 Å². The fourth-order valence-corrected chi connectivity index (χ4v) is 2.35. The molecule has 1 heterocycles. The van der Waals surface area contributed by atoms with Crippen molar-refractivity contribution in [2.45, 2.75) is 6.92 Å². The Labute approximate surface area is 140 Å². The molecule has 0 radical (unpaired) electrons. The standard InChI is InChI=1S/C15H12BrClN2O3/c1-9-6-11(16)2-3-12(9)19-14(20)8-22-15(21)10-4-5-18-13(17)7-10/h2-7H,8H2,1H3,(H,19,20). The smallest absolute Gasteiger partial charge is 0.338 e. The third-order valence-electron chi connectivity index (χ3n) is 2.76. The van der Waals surface area contributed by atoms with Gasteiger partial charge in [-0.25, -0.2) is 9.78 Å². The minimum atomic E-state index is -0.632. The minimum absolute atomic E-state index is 0.185. The summed E-state index contributed by atoms with van der Waals surface area (Å²) in [6.07, 6.45) is 1.39. The molecule has 0 fully saturated rings. The number of carbonyl (C=O) groups excluding carboxylic acids is 2. The van der Waals surface area contributed by atoms with Gasteiger partial charge in [0.2, 0.25) is 0 Å². The fraction of sp³-hybridized carbons (Fsp3) is 0.133. The number of amides is 1. The van der Waals surface area contributed by atoms with E-state index >= 15 is 0 Å². The summed E-state index contributed by atoms with van der Waals surface area (Å²) < 4.78 is 5.85. The van der Waals surface area contributed by atoms with Gasteiger partial charge in [0, 0.05) is 16.4 Å². The van der Waals surface area contributed by atoms with Gasteiger partial charge in [-0.3, -0.25) is 4.79 Å². The van der Waals surface area contributed by atoms with Crippen molar-refractivity contribution in [2.75, 3.05) is 11.9 Å². The second-order valence-corrected chi connectivity index (χ2v) is 5.75. The maximum absolute atomic E-state index is 11.8. The van der Waals surface area contributed by atoms with E-state index in [1.54, 1.807) is 6.07 Å². The number of carbonyl (C=O) groups is 2. The Hall–Kier alpha value is -1.92. The number of nitrogens with zero attached hydrogens (tertiary/aromatic N) is 1. The highest BCUT2D eigenvalue weighted by atomic mass is 79.9. The molecule has 0 atom stereocenters. The monoisotopic (exact) mass is 382 g/mol. The van der Waals surface area contributed by atoms with Gasteiger partial charge >= 0.3 is 5.97 Å². The molecule has 5 nitrogen and oxygen atoms in total.